The van der Waals surface area contributed by atoms with Crippen molar-refractivity contribution in [3.63, 3.8) is 0 Å². The molecule has 1 atom stereocenters. The van der Waals surface area contributed by atoms with Gasteiger partial charge in [-0.1, -0.05) is 48.5 Å². The molecule has 1 unspecified atom stereocenters. The molecule has 0 bridgehead atoms. The number of hydrogen-bond donors (Lipinski definition) is 1. The van der Waals surface area contributed by atoms with E-state index in [1.807, 2.05) is 30.3 Å². The molecule has 0 saturated carbocycles. The van der Waals surface area contributed by atoms with E-state index in [2.05, 4.69) is 48.2 Å². The van der Waals surface area contributed by atoms with Crippen molar-refractivity contribution in [2.24, 2.45) is 5.92 Å². The third-order valence-corrected chi connectivity index (χ3v) is 7.47. The van der Waals surface area contributed by atoms with Gasteiger partial charge in [0, 0.05) is 30.1 Å². The van der Waals surface area contributed by atoms with Crippen LogP contribution in [0.2, 0.25) is 0 Å². The molecule has 2 heterocycles. The quantitative estimate of drug-likeness (QED) is 0.417. The monoisotopic (exact) mass is 448 g/mol. The highest BCUT2D eigenvalue weighted by Crippen LogP contribution is 2.45. The lowest BCUT2D eigenvalue weighted by atomic mass is 9.93. The van der Waals surface area contributed by atoms with E-state index in [0.717, 1.165) is 57.4 Å². The molecule has 0 amide bonds. The molecule has 34 heavy (non-hydrogen) atoms. The second-order valence-electron chi connectivity index (χ2n) is 9.35. The number of benzene rings is 3. The number of furan rings is 1. The van der Waals surface area contributed by atoms with Crippen LogP contribution in [0, 0.1) is 24.2 Å². The summed E-state index contributed by atoms with van der Waals surface area (Å²) in [6.45, 7) is 3.25. The van der Waals surface area contributed by atoms with Crippen molar-refractivity contribution in [3.05, 3.63) is 82.9 Å². The van der Waals surface area contributed by atoms with Gasteiger partial charge in [0.2, 0.25) is 0 Å². The number of rotatable bonds is 4. The van der Waals surface area contributed by atoms with Gasteiger partial charge in [0.25, 0.3) is 0 Å². The Labute approximate surface area is 197 Å². The Morgan fingerprint density at radius 1 is 1.09 bits per heavy atom. The number of carboxylic acids is 1. The third-order valence-electron chi connectivity index (χ3n) is 7.47. The van der Waals surface area contributed by atoms with Gasteiger partial charge in [0.15, 0.2) is 5.58 Å². The zero-order chi connectivity index (χ0) is 23.4. The van der Waals surface area contributed by atoms with Crippen LogP contribution in [0.4, 0.5) is 0 Å². The molecule has 1 aliphatic heterocycles. The summed E-state index contributed by atoms with van der Waals surface area (Å²) in [5.74, 6) is -0.254. The number of nitriles is 1. The Morgan fingerprint density at radius 3 is 2.59 bits per heavy atom. The maximum absolute atomic E-state index is 11.3. The van der Waals surface area contributed by atoms with E-state index in [-0.39, 0.29) is 12.0 Å². The van der Waals surface area contributed by atoms with Gasteiger partial charge in [0.05, 0.1) is 11.5 Å². The van der Waals surface area contributed by atoms with E-state index in [1.165, 1.54) is 0 Å². The fourth-order valence-electron chi connectivity index (χ4n) is 5.63. The highest BCUT2D eigenvalue weighted by atomic mass is 16.4. The van der Waals surface area contributed by atoms with Crippen LogP contribution in [0.3, 0.4) is 0 Å². The molecule has 168 valence electrons. The van der Waals surface area contributed by atoms with Crippen molar-refractivity contribution in [2.75, 3.05) is 13.1 Å². The lowest BCUT2D eigenvalue weighted by Gasteiger charge is -2.41. The molecule has 1 N–H and O–H groups in total. The topological polar surface area (TPSA) is 77.5 Å². The summed E-state index contributed by atoms with van der Waals surface area (Å²) in [7, 11) is 0. The van der Waals surface area contributed by atoms with Crippen molar-refractivity contribution in [1.29, 1.82) is 5.26 Å². The molecule has 5 nitrogen and oxygen atoms in total. The number of likely N-dealkylation sites (tertiary alicyclic amines) is 1. The molecular formula is C29H24N2O3. The van der Waals surface area contributed by atoms with Gasteiger partial charge < -0.3 is 9.52 Å². The summed E-state index contributed by atoms with van der Waals surface area (Å²) in [6.07, 6.45) is 1.72. The first-order chi connectivity index (χ1) is 16.5. The zero-order valence-electron chi connectivity index (χ0n) is 18.9. The van der Waals surface area contributed by atoms with Crippen LogP contribution in [0.15, 0.2) is 65.1 Å². The van der Waals surface area contributed by atoms with Gasteiger partial charge in [-0.2, -0.15) is 5.26 Å². The predicted molar refractivity (Wildman–Crippen MR) is 130 cm³/mol. The standard InChI is InChI=1S/C29H24N2O3/c1-17-21(18-6-3-2-4-7-18)8-5-9-22(17)27-13-19-12-24-23(25(14-30)28(19)34-27)10-11-26(24)31-15-20(16-31)29(32)33/h2-9,12-13,20,26H,10-11,15-16H2,1H3,(H,32,33). The van der Waals surface area contributed by atoms with E-state index in [0.29, 0.717) is 24.2 Å². The Balaban J connectivity index is 1.42. The molecule has 1 aliphatic carbocycles. The van der Waals surface area contributed by atoms with E-state index in [9.17, 15) is 15.2 Å². The Bertz CT molecular complexity index is 1470. The van der Waals surface area contributed by atoms with Gasteiger partial charge >= 0.3 is 5.97 Å². The fourth-order valence-corrected chi connectivity index (χ4v) is 5.63. The fraction of sp³-hybridized carbons (Fsp3) is 0.241. The maximum atomic E-state index is 11.3. The Hall–Kier alpha value is -3.88. The maximum Gasteiger partial charge on any atom is 0.309 e. The van der Waals surface area contributed by atoms with Gasteiger partial charge in [-0.15, -0.1) is 0 Å². The average molecular weight is 449 g/mol. The minimum Gasteiger partial charge on any atom is -0.481 e. The summed E-state index contributed by atoms with van der Waals surface area (Å²) in [4.78, 5) is 13.5. The van der Waals surface area contributed by atoms with Gasteiger partial charge in [-0.3, -0.25) is 9.69 Å². The molecule has 1 aromatic heterocycles. The number of carboxylic acid groups (broad SMARTS) is 1. The Morgan fingerprint density at radius 2 is 1.85 bits per heavy atom. The van der Waals surface area contributed by atoms with Gasteiger partial charge in [-0.05, 0) is 59.7 Å². The summed E-state index contributed by atoms with van der Waals surface area (Å²) in [5, 5.41) is 20.2. The molecule has 0 radical (unpaired) electrons. The summed E-state index contributed by atoms with van der Waals surface area (Å²) in [6, 6.07) is 23.3. The molecule has 5 heteroatoms. The molecule has 1 saturated heterocycles. The highest BCUT2D eigenvalue weighted by molar-refractivity contribution is 5.90. The highest BCUT2D eigenvalue weighted by Gasteiger charge is 2.40. The van der Waals surface area contributed by atoms with E-state index in [1.54, 1.807) is 0 Å². The van der Waals surface area contributed by atoms with E-state index in [4.69, 9.17) is 4.42 Å². The number of fused-ring (bicyclic) bond motifs is 2. The zero-order valence-corrected chi connectivity index (χ0v) is 18.9. The second kappa shape index (κ2) is 7.86. The average Bonchev–Trinajstić information content (AvgIpc) is 3.41. The molecule has 1 fully saturated rings. The van der Waals surface area contributed by atoms with Crippen molar-refractivity contribution in [1.82, 2.24) is 4.90 Å². The number of hydrogen-bond acceptors (Lipinski definition) is 4. The van der Waals surface area contributed by atoms with Crippen LogP contribution >= 0.6 is 0 Å². The first kappa shape index (κ1) is 20.7. The summed E-state index contributed by atoms with van der Waals surface area (Å²) < 4.78 is 6.34. The molecule has 3 aromatic carbocycles. The lowest BCUT2D eigenvalue weighted by Crippen LogP contribution is -2.51. The SMILES string of the molecule is Cc1c(-c2ccccc2)cccc1-c1cc2cc3c(c(C#N)c2o1)CCC3N1CC(C(=O)O)C1. The van der Waals surface area contributed by atoms with Crippen molar-refractivity contribution >= 4 is 16.9 Å². The van der Waals surface area contributed by atoms with Crippen LogP contribution in [0.5, 0.6) is 0 Å². The van der Waals surface area contributed by atoms with Crippen molar-refractivity contribution in [2.45, 2.75) is 25.8 Å². The minimum absolute atomic E-state index is 0.170. The molecule has 4 aromatic rings. The van der Waals surface area contributed by atoms with Crippen LogP contribution in [-0.2, 0) is 11.2 Å². The van der Waals surface area contributed by atoms with Gasteiger partial charge in [-0.25, -0.2) is 0 Å². The van der Waals surface area contributed by atoms with Crippen molar-refractivity contribution in [3.8, 4) is 28.5 Å². The molecule has 6 rings (SSSR count). The molecule has 2 aliphatic rings. The van der Waals surface area contributed by atoms with Crippen LogP contribution < -0.4 is 0 Å². The van der Waals surface area contributed by atoms with Crippen LogP contribution in [-0.4, -0.2) is 29.1 Å². The predicted octanol–water partition coefficient (Wildman–Crippen LogP) is 5.95. The van der Waals surface area contributed by atoms with Gasteiger partial charge in [0.1, 0.15) is 11.8 Å². The van der Waals surface area contributed by atoms with E-state index < -0.39 is 5.97 Å². The summed E-state index contributed by atoms with van der Waals surface area (Å²) >= 11 is 0. The Kier molecular flexibility index (Phi) is 4.79. The molecular weight excluding hydrogens is 424 g/mol. The van der Waals surface area contributed by atoms with Crippen LogP contribution in [0.1, 0.15) is 34.7 Å². The minimum atomic E-state index is -0.727. The van der Waals surface area contributed by atoms with Crippen molar-refractivity contribution < 1.29 is 14.3 Å². The third kappa shape index (κ3) is 3.14. The number of aliphatic carboxylic acids is 1. The number of carbonyl (C=O) groups is 1. The lowest BCUT2D eigenvalue weighted by molar-refractivity contribution is -0.148. The largest absolute Gasteiger partial charge is 0.481 e. The summed E-state index contributed by atoms with van der Waals surface area (Å²) in [5.41, 5.74) is 7.94. The van der Waals surface area contributed by atoms with Crippen LogP contribution in [0.25, 0.3) is 33.4 Å². The second-order valence-corrected chi connectivity index (χ2v) is 9.35. The molecule has 0 spiro atoms. The number of nitrogens with zero attached hydrogens (tertiary/aromatic N) is 2. The van der Waals surface area contributed by atoms with E-state index >= 15 is 0 Å². The first-order valence-corrected chi connectivity index (χ1v) is 11.7. The normalized spacial score (nSPS) is 17.9. The first-order valence-electron chi connectivity index (χ1n) is 11.7. The smallest absolute Gasteiger partial charge is 0.309 e.